The van der Waals surface area contributed by atoms with Crippen LogP contribution in [0.4, 0.5) is 36.1 Å². The van der Waals surface area contributed by atoms with Crippen molar-refractivity contribution < 1.29 is 32.6 Å². The van der Waals surface area contributed by atoms with Gasteiger partial charge in [-0.05, 0) is 36.8 Å². The molecule has 1 aliphatic rings. The number of nitrogens with zero attached hydrogens (tertiary/aromatic N) is 3. The number of ether oxygens (including phenoxy) is 1. The van der Waals surface area contributed by atoms with Crippen LogP contribution in [0.25, 0.3) is 0 Å². The van der Waals surface area contributed by atoms with Crippen molar-refractivity contribution in [2.75, 3.05) is 28.6 Å². The van der Waals surface area contributed by atoms with Gasteiger partial charge in [0.05, 0.1) is 35.4 Å². The third-order valence-electron chi connectivity index (χ3n) is 5.35. The second-order valence-corrected chi connectivity index (χ2v) is 8.48. The molecule has 3 heterocycles. The van der Waals surface area contributed by atoms with Gasteiger partial charge in [0.2, 0.25) is 0 Å². The van der Waals surface area contributed by atoms with Gasteiger partial charge in [-0.3, -0.25) is 14.6 Å². The van der Waals surface area contributed by atoms with Crippen molar-refractivity contribution in [3.8, 4) is 5.75 Å². The Labute approximate surface area is 213 Å². The number of halogens is 4. The van der Waals surface area contributed by atoms with Crippen LogP contribution in [0.3, 0.4) is 0 Å². The molecule has 2 amide bonds. The van der Waals surface area contributed by atoms with Crippen LogP contribution in [0.5, 0.6) is 5.75 Å². The van der Waals surface area contributed by atoms with Gasteiger partial charge in [0.25, 0.3) is 11.8 Å². The van der Waals surface area contributed by atoms with Crippen molar-refractivity contribution >= 4 is 46.3 Å². The lowest BCUT2D eigenvalue weighted by Crippen LogP contribution is -2.24. The van der Waals surface area contributed by atoms with E-state index in [0.717, 1.165) is 6.20 Å². The van der Waals surface area contributed by atoms with Crippen LogP contribution in [0.15, 0.2) is 48.9 Å². The van der Waals surface area contributed by atoms with E-state index < -0.39 is 34.9 Å². The highest BCUT2D eigenvalue weighted by molar-refractivity contribution is 6.20. The monoisotopic (exact) mass is 536 g/mol. The molecule has 37 heavy (non-hydrogen) atoms. The number of pyridine rings is 2. The predicted molar refractivity (Wildman–Crippen MR) is 129 cm³/mol. The zero-order chi connectivity index (χ0) is 26.7. The molecule has 194 valence electrons. The number of nitrogens with one attached hydrogen (secondary N) is 2. The summed E-state index contributed by atoms with van der Waals surface area (Å²) in [5.41, 5.74) is 1.55. The summed E-state index contributed by atoms with van der Waals surface area (Å²) < 4.78 is 44.0. The molecule has 0 radical (unpaired) electrons. The lowest BCUT2D eigenvalue weighted by molar-refractivity contribution is -0.0964. The quantitative estimate of drug-likeness (QED) is 0.321. The number of rotatable bonds is 8. The summed E-state index contributed by atoms with van der Waals surface area (Å²) in [5, 5.41) is 15.4. The van der Waals surface area contributed by atoms with Crippen LogP contribution in [0.1, 0.15) is 27.1 Å². The van der Waals surface area contributed by atoms with Gasteiger partial charge in [0, 0.05) is 36.6 Å². The Morgan fingerprint density at radius 1 is 1.19 bits per heavy atom. The van der Waals surface area contributed by atoms with Crippen molar-refractivity contribution in [1.29, 1.82) is 0 Å². The lowest BCUT2D eigenvalue weighted by Gasteiger charge is -2.22. The van der Waals surface area contributed by atoms with Gasteiger partial charge < -0.3 is 31.1 Å². The van der Waals surface area contributed by atoms with Crippen molar-refractivity contribution in [3.05, 3.63) is 65.9 Å². The Hall–Kier alpha value is -4.10. The largest absolute Gasteiger partial charge is 0.487 e. The maximum Gasteiger partial charge on any atom is 0.487 e. The average molecular weight is 537 g/mol. The van der Waals surface area contributed by atoms with Gasteiger partial charge in [-0.15, -0.1) is 8.78 Å². The Morgan fingerprint density at radius 2 is 1.92 bits per heavy atom. The molecule has 2 aromatic heterocycles. The van der Waals surface area contributed by atoms with E-state index in [2.05, 4.69) is 25.3 Å². The van der Waals surface area contributed by atoms with E-state index in [9.17, 15) is 27.9 Å². The maximum atomic E-state index is 14.2. The van der Waals surface area contributed by atoms with Gasteiger partial charge >= 0.3 is 5.57 Å². The fraction of sp³-hybridized carbons (Fsp3) is 0.217. The summed E-state index contributed by atoms with van der Waals surface area (Å²) in [6.07, 6.45) is 3.25. The molecule has 1 aliphatic heterocycles. The number of carbonyl (C=O) groups excluding carboxylic acids is 2. The molecule has 3 aromatic rings. The number of anilines is 4. The van der Waals surface area contributed by atoms with Crippen molar-refractivity contribution in [2.45, 2.75) is 18.1 Å². The zero-order valence-corrected chi connectivity index (χ0v) is 19.7. The topological polar surface area (TPSA) is 143 Å². The molecular weight excluding hydrogens is 517 g/mol. The van der Waals surface area contributed by atoms with E-state index in [1.807, 2.05) is 0 Å². The zero-order valence-electron chi connectivity index (χ0n) is 18.9. The molecular formula is C23H20ClF3N6O4. The normalized spacial score (nSPS) is 15.4. The molecule has 1 saturated heterocycles. The van der Waals surface area contributed by atoms with E-state index in [4.69, 9.17) is 17.3 Å². The van der Waals surface area contributed by atoms with Crippen LogP contribution >= 0.6 is 11.6 Å². The fourth-order valence-electron chi connectivity index (χ4n) is 3.73. The highest BCUT2D eigenvalue weighted by Crippen LogP contribution is 2.32. The maximum absolute atomic E-state index is 14.2. The summed E-state index contributed by atoms with van der Waals surface area (Å²) in [7, 11) is 0. The highest BCUT2D eigenvalue weighted by Gasteiger charge is 2.28. The molecule has 0 bridgehead atoms. The van der Waals surface area contributed by atoms with Gasteiger partial charge in [-0.2, -0.15) is 0 Å². The molecule has 1 atom stereocenters. The van der Waals surface area contributed by atoms with Crippen molar-refractivity contribution in [2.24, 2.45) is 5.73 Å². The van der Waals surface area contributed by atoms with Gasteiger partial charge in [0.15, 0.2) is 11.6 Å². The number of β-amino-alcohol motifs (C(OH)–C–C–N with tert-alkyl or cyclic N) is 1. The number of nitrogens with two attached hydrogens (primary N) is 1. The molecule has 4 rings (SSSR count). The molecule has 10 nitrogen and oxygen atoms in total. The molecule has 5 N–H and O–H groups in total. The molecule has 0 aliphatic carbocycles. The van der Waals surface area contributed by atoms with Crippen LogP contribution in [0.2, 0.25) is 0 Å². The summed E-state index contributed by atoms with van der Waals surface area (Å²) in [5.74, 6) is -2.43. The van der Waals surface area contributed by atoms with Crippen LogP contribution in [-0.2, 0) is 0 Å². The van der Waals surface area contributed by atoms with Gasteiger partial charge in [-0.1, -0.05) is 0 Å². The van der Waals surface area contributed by atoms with E-state index in [0.29, 0.717) is 18.8 Å². The second-order valence-electron chi connectivity index (χ2n) is 8.04. The number of amides is 2. The van der Waals surface area contributed by atoms with Crippen molar-refractivity contribution in [3.63, 3.8) is 0 Å². The molecule has 14 heteroatoms. The first-order valence-electron chi connectivity index (χ1n) is 10.8. The number of hydrogen-bond donors (Lipinski definition) is 4. The van der Waals surface area contributed by atoms with E-state index in [1.54, 1.807) is 4.90 Å². The molecule has 1 aromatic carbocycles. The number of aromatic nitrogens is 2. The standard InChI is InChI=1S/C23H20ClF3N6O4/c24-23(26,27)37-15-3-1-13(2-4-15)31-22(36)12-7-17(21(30-8-12)33-6-5-14(34)11-33)32-18-10-29-9-16(25)19(18)20(28)35/h1-4,7-10,14,32,34H,5-6,11H2,(H2,28,35)(H,31,36). The van der Waals surface area contributed by atoms with E-state index in [-0.39, 0.29) is 34.9 Å². The summed E-state index contributed by atoms with van der Waals surface area (Å²) in [4.78, 5) is 34.6. The number of aliphatic hydroxyl groups excluding tert-OH is 1. The number of alkyl halides is 3. The SMILES string of the molecule is NC(=O)c1c(F)cncc1Nc1cc(C(=O)Nc2ccc(OC(F)(F)Cl)cc2)cnc1N1CCC(O)C1. The Kier molecular flexibility index (Phi) is 7.36. The summed E-state index contributed by atoms with van der Waals surface area (Å²) >= 11 is 4.74. The minimum absolute atomic E-state index is 0.0421. The van der Waals surface area contributed by atoms with Crippen molar-refractivity contribution in [1.82, 2.24) is 9.97 Å². The highest BCUT2D eigenvalue weighted by atomic mass is 35.5. The Balaban J connectivity index is 1.62. The molecule has 1 unspecified atom stereocenters. The fourth-order valence-corrected chi connectivity index (χ4v) is 3.82. The van der Waals surface area contributed by atoms with Gasteiger partial charge in [-0.25, -0.2) is 9.37 Å². The number of hydrogen-bond acceptors (Lipinski definition) is 8. The van der Waals surface area contributed by atoms with Crippen LogP contribution in [-0.4, -0.2) is 51.7 Å². The third-order valence-corrected chi connectivity index (χ3v) is 5.43. The first-order valence-corrected chi connectivity index (χ1v) is 11.2. The third kappa shape index (κ3) is 6.37. The average Bonchev–Trinajstić information content (AvgIpc) is 3.25. The van der Waals surface area contributed by atoms with E-state index in [1.165, 1.54) is 42.7 Å². The molecule has 1 fully saturated rings. The Morgan fingerprint density at radius 3 is 2.54 bits per heavy atom. The number of aliphatic hydroxyl groups is 1. The van der Waals surface area contributed by atoms with E-state index >= 15 is 0 Å². The number of benzene rings is 1. The Bertz CT molecular complexity index is 1320. The smallest absolute Gasteiger partial charge is 0.420 e. The van der Waals surface area contributed by atoms with Gasteiger partial charge in [0.1, 0.15) is 11.3 Å². The first-order chi connectivity index (χ1) is 17.5. The second kappa shape index (κ2) is 10.5. The van der Waals surface area contributed by atoms with Crippen LogP contribution in [0, 0.1) is 5.82 Å². The van der Waals surface area contributed by atoms with Crippen LogP contribution < -0.4 is 26.0 Å². The summed E-state index contributed by atoms with van der Waals surface area (Å²) in [6, 6.07) is 6.48. The number of carbonyl (C=O) groups is 2. The number of primary amides is 1. The molecule has 0 saturated carbocycles. The lowest BCUT2D eigenvalue weighted by atomic mass is 10.1. The first kappa shape index (κ1) is 26.0. The minimum atomic E-state index is -3.88. The summed E-state index contributed by atoms with van der Waals surface area (Å²) in [6.45, 7) is 0.737. The predicted octanol–water partition coefficient (Wildman–Crippen LogP) is 3.45. The minimum Gasteiger partial charge on any atom is -0.420 e. The molecule has 0 spiro atoms.